The second-order valence-corrected chi connectivity index (χ2v) is 3.44. The molecule has 1 fully saturated rings. The lowest BCUT2D eigenvalue weighted by molar-refractivity contribution is -0.140. The lowest BCUT2D eigenvalue weighted by atomic mass is 10.3. The SMILES string of the molecule is C/C=C/CCNC(=O)[C@@H]1C[C@@H]1C(=O)O. The van der Waals surface area contributed by atoms with Crippen LogP contribution in [0, 0.1) is 11.8 Å². The minimum absolute atomic E-state index is 0.123. The van der Waals surface area contributed by atoms with Gasteiger partial charge >= 0.3 is 5.97 Å². The number of rotatable bonds is 5. The molecule has 0 aromatic heterocycles. The van der Waals surface area contributed by atoms with E-state index in [9.17, 15) is 9.59 Å². The maximum absolute atomic E-state index is 11.3. The van der Waals surface area contributed by atoms with Gasteiger partial charge in [-0.05, 0) is 19.8 Å². The van der Waals surface area contributed by atoms with E-state index in [1.807, 2.05) is 19.1 Å². The summed E-state index contributed by atoms with van der Waals surface area (Å²) < 4.78 is 0. The maximum atomic E-state index is 11.3. The third kappa shape index (κ3) is 2.87. The molecule has 1 aliphatic carbocycles. The molecule has 0 radical (unpaired) electrons. The van der Waals surface area contributed by atoms with E-state index in [1.165, 1.54) is 0 Å². The summed E-state index contributed by atoms with van der Waals surface area (Å²) in [6, 6.07) is 0. The second-order valence-electron chi connectivity index (χ2n) is 3.44. The maximum Gasteiger partial charge on any atom is 0.307 e. The summed E-state index contributed by atoms with van der Waals surface area (Å²) in [6.45, 7) is 2.51. The molecule has 0 saturated heterocycles. The zero-order valence-corrected chi connectivity index (χ0v) is 8.19. The van der Waals surface area contributed by atoms with Crippen LogP contribution < -0.4 is 5.32 Å². The first-order chi connectivity index (χ1) is 6.66. The van der Waals surface area contributed by atoms with Gasteiger partial charge in [-0.15, -0.1) is 0 Å². The predicted molar refractivity (Wildman–Crippen MR) is 51.7 cm³/mol. The Morgan fingerprint density at radius 2 is 2.21 bits per heavy atom. The monoisotopic (exact) mass is 197 g/mol. The van der Waals surface area contributed by atoms with Gasteiger partial charge in [-0.1, -0.05) is 12.2 Å². The molecule has 2 N–H and O–H groups in total. The van der Waals surface area contributed by atoms with Gasteiger partial charge in [0.15, 0.2) is 0 Å². The summed E-state index contributed by atoms with van der Waals surface area (Å²) >= 11 is 0. The highest BCUT2D eigenvalue weighted by molar-refractivity contribution is 5.89. The van der Waals surface area contributed by atoms with Crippen LogP contribution in [0.4, 0.5) is 0 Å². The van der Waals surface area contributed by atoms with Crippen molar-refractivity contribution in [3.63, 3.8) is 0 Å². The molecule has 1 saturated carbocycles. The summed E-state index contributed by atoms with van der Waals surface area (Å²) in [4.78, 5) is 21.7. The highest BCUT2D eigenvalue weighted by atomic mass is 16.4. The zero-order valence-electron chi connectivity index (χ0n) is 8.19. The van der Waals surface area contributed by atoms with E-state index < -0.39 is 11.9 Å². The van der Waals surface area contributed by atoms with E-state index in [2.05, 4.69) is 5.32 Å². The van der Waals surface area contributed by atoms with Crippen molar-refractivity contribution in [1.82, 2.24) is 5.32 Å². The third-order valence-corrected chi connectivity index (χ3v) is 2.29. The van der Waals surface area contributed by atoms with Gasteiger partial charge in [-0.25, -0.2) is 0 Å². The number of hydrogen-bond acceptors (Lipinski definition) is 2. The van der Waals surface area contributed by atoms with Crippen molar-refractivity contribution in [2.45, 2.75) is 19.8 Å². The number of nitrogens with one attached hydrogen (secondary N) is 1. The van der Waals surface area contributed by atoms with Gasteiger partial charge in [-0.3, -0.25) is 9.59 Å². The van der Waals surface area contributed by atoms with E-state index in [4.69, 9.17) is 5.11 Å². The van der Waals surface area contributed by atoms with Crippen LogP contribution in [0.3, 0.4) is 0 Å². The average Bonchev–Trinajstić information content (AvgIpc) is 2.91. The normalized spacial score (nSPS) is 24.9. The Morgan fingerprint density at radius 1 is 1.50 bits per heavy atom. The number of carboxylic acids is 1. The largest absolute Gasteiger partial charge is 0.481 e. The lowest BCUT2D eigenvalue weighted by Crippen LogP contribution is -2.27. The van der Waals surface area contributed by atoms with Crippen molar-refractivity contribution in [2.24, 2.45) is 11.8 Å². The molecule has 0 aliphatic heterocycles. The van der Waals surface area contributed by atoms with E-state index in [-0.39, 0.29) is 11.8 Å². The molecule has 1 amide bonds. The molecule has 78 valence electrons. The van der Waals surface area contributed by atoms with E-state index >= 15 is 0 Å². The first kappa shape index (κ1) is 10.8. The van der Waals surface area contributed by atoms with Gasteiger partial charge < -0.3 is 10.4 Å². The third-order valence-electron chi connectivity index (χ3n) is 2.29. The molecule has 0 heterocycles. The van der Waals surface area contributed by atoms with Gasteiger partial charge in [0.05, 0.1) is 11.8 Å². The number of carboxylic acid groups (broad SMARTS) is 1. The molecule has 0 aromatic rings. The topological polar surface area (TPSA) is 66.4 Å². The minimum atomic E-state index is -0.862. The summed E-state index contributed by atoms with van der Waals surface area (Å²) in [7, 11) is 0. The predicted octanol–water partition coefficient (Wildman–Crippen LogP) is 0.790. The fourth-order valence-electron chi connectivity index (χ4n) is 1.33. The summed E-state index contributed by atoms with van der Waals surface area (Å²) in [5, 5.41) is 11.3. The van der Waals surface area contributed by atoms with E-state index in [0.29, 0.717) is 13.0 Å². The van der Waals surface area contributed by atoms with Crippen LogP contribution in [-0.2, 0) is 9.59 Å². The Bertz CT molecular complexity index is 260. The molecular weight excluding hydrogens is 182 g/mol. The Labute approximate surface area is 83.0 Å². The van der Waals surface area contributed by atoms with Gasteiger partial charge in [0.25, 0.3) is 0 Å². The molecule has 0 spiro atoms. The van der Waals surface area contributed by atoms with E-state index in [0.717, 1.165) is 6.42 Å². The van der Waals surface area contributed by atoms with Gasteiger partial charge in [0, 0.05) is 6.54 Å². The molecule has 14 heavy (non-hydrogen) atoms. The smallest absolute Gasteiger partial charge is 0.307 e. The Morgan fingerprint density at radius 3 is 2.71 bits per heavy atom. The molecule has 0 unspecified atom stereocenters. The number of hydrogen-bond donors (Lipinski definition) is 2. The first-order valence-electron chi connectivity index (χ1n) is 4.78. The van der Waals surface area contributed by atoms with Crippen LogP contribution in [0.2, 0.25) is 0 Å². The van der Waals surface area contributed by atoms with Crippen molar-refractivity contribution < 1.29 is 14.7 Å². The lowest BCUT2D eigenvalue weighted by Gasteiger charge is -2.00. The fraction of sp³-hybridized carbons (Fsp3) is 0.600. The van der Waals surface area contributed by atoms with Gasteiger partial charge in [-0.2, -0.15) is 0 Å². The Balaban J connectivity index is 2.15. The van der Waals surface area contributed by atoms with E-state index in [1.54, 1.807) is 0 Å². The van der Waals surface area contributed by atoms with Crippen LogP contribution in [0.1, 0.15) is 19.8 Å². The molecule has 1 rings (SSSR count). The zero-order chi connectivity index (χ0) is 10.6. The number of allylic oxidation sites excluding steroid dienone is 1. The number of carbonyl (C=O) groups is 2. The molecule has 0 aromatic carbocycles. The molecule has 4 heteroatoms. The Hall–Kier alpha value is -1.32. The van der Waals surface area contributed by atoms with Crippen LogP contribution >= 0.6 is 0 Å². The van der Waals surface area contributed by atoms with Crippen molar-refractivity contribution >= 4 is 11.9 Å². The van der Waals surface area contributed by atoms with Crippen molar-refractivity contribution in [2.75, 3.05) is 6.54 Å². The fourth-order valence-corrected chi connectivity index (χ4v) is 1.33. The standard InChI is InChI=1S/C10H15NO3/c1-2-3-4-5-11-9(12)7-6-8(7)10(13)14/h2-3,7-8H,4-6H2,1H3,(H,11,12)(H,13,14)/b3-2+/t7-,8+/m1/s1. The molecule has 4 nitrogen and oxygen atoms in total. The average molecular weight is 197 g/mol. The van der Waals surface area contributed by atoms with Crippen LogP contribution in [0.15, 0.2) is 12.2 Å². The van der Waals surface area contributed by atoms with Crippen LogP contribution in [-0.4, -0.2) is 23.5 Å². The van der Waals surface area contributed by atoms with Crippen molar-refractivity contribution in [1.29, 1.82) is 0 Å². The summed E-state index contributed by atoms with van der Waals surface area (Å²) in [6.07, 6.45) is 5.17. The number of carbonyl (C=O) groups excluding carboxylic acids is 1. The molecule has 1 aliphatic rings. The number of aliphatic carboxylic acids is 1. The van der Waals surface area contributed by atoms with Crippen LogP contribution in [0.5, 0.6) is 0 Å². The Kier molecular flexibility index (Phi) is 3.68. The van der Waals surface area contributed by atoms with Crippen LogP contribution in [0.25, 0.3) is 0 Å². The molecule has 0 bridgehead atoms. The molecule has 2 atom stereocenters. The van der Waals surface area contributed by atoms with Gasteiger partial charge in [0.1, 0.15) is 0 Å². The minimum Gasteiger partial charge on any atom is -0.481 e. The molecular formula is C10H15NO3. The quantitative estimate of drug-likeness (QED) is 0.506. The number of amides is 1. The summed E-state index contributed by atoms with van der Waals surface area (Å²) in [5.74, 6) is -1.73. The van der Waals surface area contributed by atoms with Gasteiger partial charge in [0.2, 0.25) is 5.91 Å². The highest BCUT2D eigenvalue weighted by Crippen LogP contribution is 2.38. The summed E-state index contributed by atoms with van der Waals surface area (Å²) in [5.41, 5.74) is 0. The van der Waals surface area contributed by atoms with Crippen molar-refractivity contribution in [3.05, 3.63) is 12.2 Å². The first-order valence-corrected chi connectivity index (χ1v) is 4.78. The highest BCUT2D eigenvalue weighted by Gasteiger charge is 2.48. The second kappa shape index (κ2) is 4.79. The van der Waals surface area contributed by atoms with Crippen molar-refractivity contribution in [3.8, 4) is 0 Å².